The van der Waals surface area contributed by atoms with Gasteiger partial charge in [0, 0.05) is 11.6 Å². The minimum absolute atomic E-state index is 0. The molecule has 3 heteroatoms. The molecule has 2 aromatic rings. The van der Waals surface area contributed by atoms with Crippen LogP contribution < -0.4 is 0 Å². The van der Waals surface area contributed by atoms with Crippen molar-refractivity contribution in [2.45, 2.75) is 18.7 Å². The van der Waals surface area contributed by atoms with Crippen LogP contribution in [-0.4, -0.2) is 4.98 Å². The standard InChI is InChI=1S/C12H12ClN.ClH/c1-12(2,13)10-7-8-14-11-6-4-3-5-9(10)11;/h3-8H,1-2H3;1H. The van der Waals surface area contributed by atoms with Gasteiger partial charge in [0.2, 0.25) is 0 Å². The molecule has 0 aliphatic carbocycles. The number of para-hydroxylation sites is 1. The van der Waals surface area contributed by atoms with Crippen molar-refractivity contribution < 1.29 is 0 Å². The molecule has 0 fully saturated rings. The maximum absolute atomic E-state index is 6.31. The first-order valence-corrected chi connectivity index (χ1v) is 5.00. The third-order valence-electron chi connectivity index (χ3n) is 2.29. The molecule has 0 aliphatic heterocycles. The van der Waals surface area contributed by atoms with E-state index in [1.807, 2.05) is 44.3 Å². The quantitative estimate of drug-likeness (QED) is 0.685. The Morgan fingerprint density at radius 1 is 1.13 bits per heavy atom. The Balaban J connectivity index is 0.00000112. The molecule has 0 radical (unpaired) electrons. The van der Waals surface area contributed by atoms with E-state index in [9.17, 15) is 0 Å². The molecular weight excluding hydrogens is 229 g/mol. The number of hydrogen-bond donors (Lipinski definition) is 0. The Labute approximate surface area is 101 Å². The van der Waals surface area contributed by atoms with Gasteiger partial charge in [-0.15, -0.1) is 24.0 Å². The number of fused-ring (bicyclic) bond motifs is 1. The second-order valence-electron chi connectivity index (χ2n) is 3.85. The van der Waals surface area contributed by atoms with Crippen LogP contribution in [0.25, 0.3) is 10.9 Å². The number of nitrogens with zero attached hydrogens (tertiary/aromatic N) is 1. The van der Waals surface area contributed by atoms with Crippen molar-refractivity contribution in [2.24, 2.45) is 0 Å². The number of halogens is 2. The summed E-state index contributed by atoms with van der Waals surface area (Å²) in [4.78, 5) is 3.95. The number of pyridine rings is 1. The molecule has 1 aromatic heterocycles. The summed E-state index contributed by atoms with van der Waals surface area (Å²) in [6, 6.07) is 10.0. The van der Waals surface area contributed by atoms with Crippen molar-refractivity contribution in [1.82, 2.24) is 4.98 Å². The molecule has 0 unspecified atom stereocenters. The van der Waals surface area contributed by atoms with Crippen LogP contribution >= 0.6 is 24.0 Å². The van der Waals surface area contributed by atoms with E-state index >= 15 is 0 Å². The Morgan fingerprint density at radius 2 is 1.80 bits per heavy atom. The number of aromatic nitrogens is 1. The smallest absolute Gasteiger partial charge is 0.0705 e. The van der Waals surface area contributed by atoms with Gasteiger partial charge in [-0.1, -0.05) is 18.2 Å². The molecule has 0 amide bonds. The lowest BCUT2D eigenvalue weighted by Crippen LogP contribution is -2.08. The minimum Gasteiger partial charge on any atom is -0.256 e. The van der Waals surface area contributed by atoms with Crippen LogP contribution in [0.2, 0.25) is 0 Å². The summed E-state index contributed by atoms with van der Waals surface area (Å²) < 4.78 is 0. The SMILES string of the molecule is CC(C)(Cl)c1ccnc2ccccc12.Cl. The summed E-state index contributed by atoms with van der Waals surface area (Å²) in [6.07, 6.45) is 1.81. The highest BCUT2D eigenvalue weighted by atomic mass is 35.5. The molecule has 0 N–H and O–H groups in total. The molecule has 0 bridgehead atoms. The highest BCUT2D eigenvalue weighted by Crippen LogP contribution is 2.32. The fourth-order valence-corrected chi connectivity index (χ4v) is 1.78. The summed E-state index contributed by atoms with van der Waals surface area (Å²) in [5.41, 5.74) is 2.13. The largest absolute Gasteiger partial charge is 0.256 e. The van der Waals surface area contributed by atoms with Gasteiger partial charge >= 0.3 is 0 Å². The van der Waals surface area contributed by atoms with E-state index in [-0.39, 0.29) is 17.3 Å². The van der Waals surface area contributed by atoms with E-state index in [2.05, 4.69) is 11.1 Å². The topological polar surface area (TPSA) is 12.9 Å². The van der Waals surface area contributed by atoms with Crippen LogP contribution in [-0.2, 0) is 4.87 Å². The molecule has 15 heavy (non-hydrogen) atoms. The summed E-state index contributed by atoms with van der Waals surface area (Å²) in [5.74, 6) is 0. The van der Waals surface area contributed by atoms with E-state index in [1.165, 1.54) is 0 Å². The predicted octanol–water partition coefficient (Wildman–Crippen LogP) is 4.13. The molecule has 80 valence electrons. The van der Waals surface area contributed by atoms with Crippen LogP contribution in [0.5, 0.6) is 0 Å². The van der Waals surface area contributed by atoms with Crippen LogP contribution in [0, 0.1) is 0 Å². The van der Waals surface area contributed by atoms with Crippen molar-refractivity contribution in [3.63, 3.8) is 0 Å². The predicted molar refractivity (Wildman–Crippen MR) is 67.9 cm³/mol. The third-order valence-corrected chi connectivity index (χ3v) is 2.49. The molecule has 0 spiro atoms. The van der Waals surface area contributed by atoms with E-state index in [0.29, 0.717) is 0 Å². The zero-order valence-corrected chi connectivity index (χ0v) is 10.3. The van der Waals surface area contributed by atoms with E-state index < -0.39 is 0 Å². The van der Waals surface area contributed by atoms with Crippen molar-refractivity contribution in [2.75, 3.05) is 0 Å². The first kappa shape index (κ1) is 12.3. The molecule has 1 heterocycles. The summed E-state index contributed by atoms with van der Waals surface area (Å²) >= 11 is 6.31. The van der Waals surface area contributed by atoms with Gasteiger partial charge in [-0.3, -0.25) is 4.98 Å². The molecule has 1 nitrogen and oxygen atoms in total. The highest BCUT2D eigenvalue weighted by molar-refractivity contribution is 6.24. The van der Waals surface area contributed by atoms with Crippen molar-refractivity contribution in [1.29, 1.82) is 0 Å². The van der Waals surface area contributed by atoms with Crippen molar-refractivity contribution in [3.05, 3.63) is 42.1 Å². The van der Waals surface area contributed by atoms with Crippen molar-refractivity contribution in [3.8, 4) is 0 Å². The monoisotopic (exact) mass is 241 g/mol. The Morgan fingerprint density at radius 3 is 2.47 bits per heavy atom. The van der Waals surface area contributed by atoms with Crippen LogP contribution in [0.4, 0.5) is 0 Å². The highest BCUT2D eigenvalue weighted by Gasteiger charge is 2.18. The first-order chi connectivity index (χ1) is 6.59. The number of benzene rings is 1. The lowest BCUT2D eigenvalue weighted by Gasteiger charge is -2.18. The summed E-state index contributed by atoms with van der Waals surface area (Å²) in [7, 11) is 0. The molecule has 0 aliphatic rings. The normalized spacial score (nSPS) is 11.1. The fraction of sp³-hybridized carbons (Fsp3) is 0.250. The Hall–Kier alpha value is -0.790. The lowest BCUT2D eigenvalue weighted by atomic mass is 9.98. The fourth-order valence-electron chi connectivity index (χ4n) is 1.61. The summed E-state index contributed by atoms with van der Waals surface area (Å²) in [6.45, 7) is 3.99. The molecule has 2 rings (SSSR count). The van der Waals surface area contributed by atoms with Gasteiger partial charge in [-0.2, -0.15) is 0 Å². The molecule has 0 saturated carbocycles. The second kappa shape index (κ2) is 4.38. The van der Waals surface area contributed by atoms with E-state index in [0.717, 1.165) is 16.5 Å². The van der Waals surface area contributed by atoms with Crippen LogP contribution in [0.1, 0.15) is 19.4 Å². The van der Waals surface area contributed by atoms with Crippen LogP contribution in [0.3, 0.4) is 0 Å². The minimum atomic E-state index is -0.345. The van der Waals surface area contributed by atoms with E-state index in [1.54, 1.807) is 0 Å². The molecule has 0 saturated heterocycles. The zero-order chi connectivity index (χ0) is 10.2. The van der Waals surface area contributed by atoms with Gasteiger partial charge in [0.05, 0.1) is 10.4 Å². The molecule has 1 aromatic carbocycles. The number of hydrogen-bond acceptors (Lipinski definition) is 1. The lowest BCUT2D eigenvalue weighted by molar-refractivity contribution is 0.773. The Kier molecular flexibility index (Phi) is 3.58. The zero-order valence-electron chi connectivity index (χ0n) is 8.70. The number of rotatable bonds is 1. The maximum Gasteiger partial charge on any atom is 0.0705 e. The van der Waals surface area contributed by atoms with Gasteiger partial charge in [-0.25, -0.2) is 0 Å². The van der Waals surface area contributed by atoms with Crippen LogP contribution in [0.15, 0.2) is 36.5 Å². The average Bonchev–Trinajstić information content (AvgIpc) is 2.15. The van der Waals surface area contributed by atoms with Gasteiger partial charge < -0.3 is 0 Å². The average molecular weight is 242 g/mol. The van der Waals surface area contributed by atoms with Gasteiger partial charge in [0.15, 0.2) is 0 Å². The van der Waals surface area contributed by atoms with Crippen molar-refractivity contribution >= 4 is 34.9 Å². The Bertz CT molecular complexity index is 455. The van der Waals surface area contributed by atoms with Gasteiger partial charge in [-0.05, 0) is 31.5 Å². The second-order valence-corrected chi connectivity index (χ2v) is 4.79. The third kappa shape index (κ3) is 2.42. The summed E-state index contributed by atoms with van der Waals surface area (Å²) in [5, 5.41) is 1.13. The number of alkyl halides is 1. The maximum atomic E-state index is 6.31. The molecule has 0 atom stereocenters. The first-order valence-electron chi connectivity index (χ1n) is 4.62. The van der Waals surface area contributed by atoms with E-state index in [4.69, 9.17) is 11.6 Å². The molecular formula is C12H13Cl2N. The van der Waals surface area contributed by atoms with Gasteiger partial charge in [0.1, 0.15) is 0 Å². The van der Waals surface area contributed by atoms with Gasteiger partial charge in [0.25, 0.3) is 0 Å².